The Labute approximate surface area is 129 Å². The van der Waals surface area contributed by atoms with Crippen LogP contribution in [0.1, 0.15) is 11.1 Å². The number of pyridine rings is 1. The van der Waals surface area contributed by atoms with Gasteiger partial charge in [-0.05, 0) is 61.4 Å². The molecule has 1 heterocycles. The van der Waals surface area contributed by atoms with Crippen molar-refractivity contribution in [2.24, 2.45) is 0 Å². The Morgan fingerprint density at radius 1 is 1.00 bits per heavy atom. The van der Waals surface area contributed by atoms with Gasteiger partial charge in [0, 0.05) is 11.6 Å². The van der Waals surface area contributed by atoms with Crippen molar-refractivity contribution < 1.29 is 13.5 Å². The van der Waals surface area contributed by atoms with Crippen LogP contribution in [-0.2, 0) is 9.84 Å². The van der Waals surface area contributed by atoms with E-state index < -0.39 is 9.84 Å². The summed E-state index contributed by atoms with van der Waals surface area (Å²) in [6.07, 6.45) is 1.52. The highest BCUT2D eigenvalue weighted by Gasteiger charge is 2.22. The summed E-state index contributed by atoms with van der Waals surface area (Å²) < 4.78 is 25.8. The molecule has 22 heavy (non-hydrogen) atoms. The Hall–Kier alpha value is -2.40. The summed E-state index contributed by atoms with van der Waals surface area (Å²) in [7, 11) is -3.67. The fourth-order valence-electron chi connectivity index (χ4n) is 2.37. The molecule has 3 rings (SSSR count). The van der Waals surface area contributed by atoms with E-state index in [2.05, 4.69) is 4.98 Å². The van der Waals surface area contributed by atoms with Crippen LogP contribution in [0, 0.1) is 13.8 Å². The standard InChI is InChI=1S/C17H15NO3S/c1-11-5-6-13(10-12(11)2)22(20,21)16-8-7-15(19)17-14(16)4-3-9-18-17/h3-10,19H,1-2H3. The number of aromatic nitrogens is 1. The first kappa shape index (κ1) is 14.5. The van der Waals surface area contributed by atoms with Gasteiger partial charge in [-0.25, -0.2) is 8.42 Å². The molecule has 0 aliphatic carbocycles. The minimum Gasteiger partial charge on any atom is -0.506 e. The average molecular weight is 313 g/mol. The predicted molar refractivity (Wildman–Crippen MR) is 84.8 cm³/mol. The molecule has 0 amide bonds. The summed E-state index contributed by atoms with van der Waals surface area (Å²) in [5.74, 6) is -0.0327. The van der Waals surface area contributed by atoms with Crippen LogP contribution in [0.2, 0.25) is 0 Å². The molecule has 0 aliphatic rings. The zero-order valence-corrected chi connectivity index (χ0v) is 13.1. The number of fused-ring (bicyclic) bond motifs is 1. The molecule has 1 aromatic heterocycles. The summed E-state index contributed by atoms with van der Waals surface area (Å²) in [5, 5.41) is 10.3. The molecule has 4 nitrogen and oxygen atoms in total. The number of nitrogens with zero attached hydrogens (tertiary/aromatic N) is 1. The van der Waals surface area contributed by atoms with Crippen LogP contribution in [0.5, 0.6) is 5.75 Å². The number of hydrogen-bond donors (Lipinski definition) is 1. The number of rotatable bonds is 2. The van der Waals surface area contributed by atoms with Crippen LogP contribution in [0.25, 0.3) is 10.9 Å². The van der Waals surface area contributed by atoms with E-state index in [1.807, 2.05) is 13.8 Å². The summed E-state index contributed by atoms with van der Waals surface area (Å²) in [5.41, 5.74) is 2.24. The SMILES string of the molecule is Cc1ccc(S(=O)(=O)c2ccc(O)c3ncccc23)cc1C. The molecule has 0 unspecified atom stereocenters. The van der Waals surface area contributed by atoms with E-state index in [1.54, 1.807) is 30.3 Å². The zero-order valence-electron chi connectivity index (χ0n) is 12.2. The van der Waals surface area contributed by atoms with Crippen molar-refractivity contribution in [1.82, 2.24) is 4.98 Å². The topological polar surface area (TPSA) is 67.3 Å². The van der Waals surface area contributed by atoms with Crippen molar-refractivity contribution in [3.63, 3.8) is 0 Å². The van der Waals surface area contributed by atoms with Crippen LogP contribution >= 0.6 is 0 Å². The number of aryl methyl sites for hydroxylation is 2. The Morgan fingerprint density at radius 3 is 2.50 bits per heavy atom. The normalized spacial score (nSPS) is 11.7. The maximum atomic E-state index is 12.9. The molecule has 0 fully saturated rings. The molecule has 0 spiro atoms. The Bertz CT molecular complexity index is 978. The van der Waals surface area contributed by atoms with Gasteiger partial charge in [0.2, 0.25) is 9.84 Å². The smallest absolute Gasteiger partial charge is 0.207 e. The third-order valence-corrected chi connectivity index (χ3v) is 5.60. The molecule has 0 bridgehead atoms. The number of sulfone groups is 1. The summed E-state index contributed by atoms with van der Waals surface area (Å²) in [6.45, 7) is 3.82. The molecular formula is C17H15NO3S. The second-order valence-electron chi connectivity index (χ2n) is 5.23. The lowest BCUT2D eigenvalue weighted by molar-refractivity contribution is 0.480. The maximum absolute atomic E-state index is 12.9. The summed E-state index contributed by atoms with van der Waals surface area (Å²) >= 11 is 0. The van der Waals surface area contributed by atoms with Gasteiger partial charge in [-0.2, -0.15) is 0 Å². The van der Waals surface area contributed by atoms with Gasteiger partial charge in [0.25, 0.3) is 0 Å². The van der Waals surface area contributed by atoms with Crippen LogP contribution in [-0.4, -0.2) is 18.5 Å². The Balaban J connectivity index is 2.30. The molecule has 5 heteroatoms. The van der Waals surface area contributed by atoms with Crippen LogP contribution in [0.4, 0.5) is 0 Å². The van der Waals surface area contributed by atoms with Crippen molar-refractivity contribution in [2.45, 2.75) is 23.6 Å². The summed E-state index contributed by atoms with van der Waals surface area (Å²) in [6, 6.07) is 11.2. The lowest BCUT2D eigenvalue weighted by Crippen LogP contribution is -2.04. The van der Waals surface area contributed by atoms with Crippen molar-refractivity contribution in [2.75, 3.05) is 0 Å². The van der Waals surface area contributed by atoms with Gasteiger partial charge in [-0.1, -0.05) is 6.07 Å². The van der Waals surface area contributed by atoms with Gasteiger partial charge < -0.3 is 5.11 Å². The lowest BCUT2D eigenvalue weighted by Gasteiger charge is -2.10. The van der Waals surface area contributed by atoms with Gasteiger partial charge in [-0.3, -0.25) is 4.98 Å². The van der Waals surface area contributed by atoms with Crippen LogP contribution < -0.4 is 0 Å². The van der Waals surface area contributed by atoms with Gasteiger partial charge in [0.15, 0.2) is 0 Å². The van der Waals surface area contributed by atoms with E-state index in [-0.39, 0.29) is 21.1 Å². The highest BCUT2D eigenvalue weighted by atomic mass is 32.2. The van der Waals surface area contributed by atoms with E-state index in [1.165, 1.54) is 18.3 Å². The minimum atomic E-state index is -3.67. The second kappa shape index (κ2) is 5.10. The fourth-order valence-corrected chi connectivity index (χ4v) is 3.91. The number of phenols is 1. The maximum Gasteiger partial charge on any atom is 0.207 e. The lowest BCUT2D eigenvalue weighted by atomic mass is 10.1. The van der Waals surface area contributed by atoms with Crippen molar-refractivity contribution >= 4 is 20.7 Å². The quantitative estimate of drug-likeness (QED) is 0.787. The average Bonchev–Trinajstić information content (AvgIpc) is 2.50. The third kappa shape index (κ3) is 2.23. The molecule has 1 N–H and O–H groups in total. The van der Waals surface area contributed by atoms with Gasteiger partial charge in [0.05, 0.1) is 9.79 Å². The fraction of sp³-hybridized carbons (Fsp3) is 0.118. The number of hydrogen-bond acceptors (Lipinski definition) is 4. The third-order valence-electron chi connectivity index (χ3n) is 3.79. The highest BCUT2D eigenvalue weighted by Crippen LogP contribution is 2.32. The molecule has 3 aromatic rings. The Kier molecular flexibility index (Phi) is 3.37. The monoisotopic (exact) mass is 313 g/mol. The van der Waals surface area contributed by atoms with Gasteiger partial charge in [0.1, 0.15) is 11.3 Å². The molecule has 0 saturated carbocycles. The molecule has 0 saturated heterocycles. The zero-order chi connectivity index (χ0) is 15.9. The highest BCUT2D eigenvalue weighted by molar-refractivity contribution is 7.91. The predicted octanol–water partition coefficient (Wildman–Crippen LogP) is 3.39. The second-order valence-corrected chi connectivity index (χ2v) is 7.15. The van der Waals surface area contributed by atoms with Gasteiger partial charge >= 0.3 is 0 Å². The first-order valence-corrected chi connectivity index (χ1v) is 8.28. The van der Waals surface area contributed by atoms with Crippen molar-refractivity contribution in [3.8, 4) is 5.75 Å². The molecule has 0 aliphatic heterocycles. The van der Waals surface area contributed by atoms with Crippen molar-refractivity contribution in [1.29, 1.82) is 0 Å². The first-order valence-electron chi connectivity index (χ1n) is 6.80. The van der Waals surface area contributed by atoms with E-state index in [9.17, 15) is 13.5 Å². The van der Waals surface area contributed by atoms with Gasteiger partial charge in [-0.15, -0.1) is 0 Å². The largest absolute Gasteiger partial charge is 0.506 e. The number of phenolic OH excluding ortho intramolecular Hbond substituents is 1. The molecule has 112 valence electrons. The van der Waals surface area contributed by atoms with Crippen LogP contribution in [0.3, 0.4) is 0 Å². The molecule has 2 aromatic carbocycles. The Morgan fingerprint density at radius 2 is 1.77 bits per heavy atom. The molecule has 0 atom stereocenters. The molecule has 0 radical (unpaired) electrons. The van der Waals surface area contributed by atoms with E-state index >= 15 is 0 Å². The minimum absolute atomic E-state index is 0.0327. The molecular weight excluding hydrogens is 298 g/mol. The van der Waals surface area contributed by atoms with E-state index in [0.29, 0.717) is 5.39 Å². The number of benzene rings is 2. The number of aromatic hydroxyl groups is 1. The van der Waals surface area contributed by atoms with Crippen molar-refractivity contribution in [3.05, 3.63) is 59.8 Å². The van der Waals surface area contributed by atoms with E-state index in [4.69, 9.17) is 0 Å². The summed E-state index contributed by atoms with van der Waals surface area (Å²) in [4.78, 5) is 4.46. The van der Waals surface area contributed by atoms with E-state index in [0.717, 1.165) is 11.1 Å². The first-order chi connectivity index (χ1) is 10.4. The van der Waals surface area contributed by atoms with Crippen LogP contribution in [0.15, 0.2) is 58.5 Å².